The molecule has 2 amide bonds. The van der Waals surface area contributed by atoms with Crippen molar-refractivity contribution in [2.75, 3.05) is 0 Å². The second-order valence-corrected chi connectivity index (χ2v) is 4.62. The molecular weight excluding hydrogens is 250 g/mol. The second kappa shape index (κ2) is 5.15. The maximum absolute atomic E-state index is 12.1. The summed E-state index contributed by atoms with van der Waals surface area (Å²) < 4.78 is 0. The van der Waals surface area contributed by atoms with Crippen LogP contribution in [0.2, 0.25) is 0 Å². The fourth-order valence-electron chi connectivity index (χ4n) is 1.57. The highest BCUT2D eigenvalue weighted by molar-refractivity contribution is 5.98. The lowest BCUT2D eigenvalue weighted by Crippen LogP contribution is -2.49. The molecule has 0 saturated heterocycles. The molecule has 0 aliphatic carbocycles. The van der Waals surface area contributed by atoms with Crippen LogP contribution in [-0.4, -0.2) is 21.7 Å². The van der Waals surface area contributed by atoms with E-state index in [-0.39, 0.29) is 5.69 Å². The van der Waals surface area contributed by atoms with Crippen molar-refractivity contribution in [3.63, 3.8) is 0 Å². The zero-order valence-corrected chi connectivity index (χ0v) is 10.9. The first kappa shape index (κ1) is 14.8. The molecule has 0 heterocycles. The van der Waals surface area contributed by atoms with Gasteiger partial charge in [0.05, 0.1) is 10.3 Å². The van der Waals surface area contributed by atoms with Gasteiger partial charge in [-0.3, -0.25) is 19.7 Å². The summed E-state index contributed by atoms with van der Waals surface area (Å²) >= 11 is 0. The Labute approximate surface area is 110 Å². The standard InChI is InChI=1S/C12H15N3O4/c1-8(16)14(13)11(17)12(2,3)9-4-6-10(7-5-9)15(18)19/h4-7H,13H2,1-3H3. The van der Waals surface area contributed by atoms with Crippen molar-refractivity contribution < 1.29 is 14.5 Å². The fourth-order valence-corrected chi connectivity index (χ4v) is 1.57. The normalized spacial score (nSPS) is 10.9. The SMILES string of the molecule is CC(=O)N(N)C(=O)C(C)(C)c1ccc([N+](=O)[O-])cc1. The van der Waals surface area contributed by atoms with E-state index >= 15 is 0 Å². The van der Waals surface area contributed by atoms with Gasteiger partial charge in [-0.2, -0.15) is 0 Å². The van der Waals surface area contributed by atoms with E-state index in [1.807, 2.05) is 0 Å². The van der Waals surface area contributed by atoms with E-state index in [0.717, 1.165) is 0 Å². The highest BCUT2D eigenvalue weighted by Crippen LogP contribution is 2.26. The summed E-state index contributed by atoms with van der Waals surface area (Å²) in [5.41, 5.74) is -0.571. The number of hydrogen-bond donors (Lipinski definition) is 1. The Morgan fingerprint density at radius 2 is 1.74 bits per heavy atom. The number of carbonyl (C=O) groups excluding carboxylic acids is 2. The van der Waals surface area contributed by atoms with Crippen LogP contribution in [0, 0.1) is 10.1 Å². The molecule has 0 spiro atoms. The Morgan fingerprint density at radius 3 is 2.11 bits per heavy atom. The van der Waals surface area contributed by atoms with Crippen LogP contribution in [0.4, 0.5) is 5.69 Å². The average Bonchev–Trinajstić information content (AvgIpc) is 2.36. The topological polar surface area (TPSA) is 107 Å². The highest BCUT2D eigenvalue weighted by atomic mass is 16.6. The number of nitrogens with zero attached hydrogens (tertiary/aromatic N) is 2. The first-order valence-corrected chi connectivity index (χ1v) is 5.52. The summed E-state index contributed by atoms with van der Waals surface area (Å²) in [6, 6.07) is 5.56. The summed E-state index contributed by atoms with van der Waals surface area (Å²) in [6.45, 7) is 4.38. The van der Waals surface area contributed by atoms with Crippen LogP contribution in [0.5, 0.6) is 0 Å². The number of nitrogens with two attached hydrogens (primary N) is 1. The van der Waals surface area contributed by atoms with Gasteiger partial charge in [-0.05, 0) is 19.4 Å². The minimum atomic E-state index is -1.05. The van der Waals surface area contributed by atoms with Gasteiger partial charge in [0.15, 0.2) is 0 Å². The fraction of sp³-hybridized carbons (Fsp3) is 0.333. The van der Waals surface area contributed by atoms with Crippen molar-refractivity contribution in [2.24, 2.45) is 5.84 Å². The number of benzene rings is 1. The molecule has 0 atom stereocenters. The molecule has 7 nitrogen and oxygen atoms in total. The Morgan fingerprint density at radius 1 is 1.26 bits per heavy atom. The predicted octanol–water partition coefficient (Wildman–Crippen LogP) is 1.12. The van der Waals surface area contributed by atoms with E-state index in [2.05, 4.69) is 0 Å². The molecule has 1 aromatic rings. The quantitative estimate of drug-likeness (QED) is 0.381. The lowest BCUT2D eigenvalue weighted by Gasteiger charge is -2.27. The van der Waals surface area contributed by atoms with Gasteiger partial charge in [0.25, 0.3) is 11.6 Å². The number of non-ortho nitro benzene ring substituents is 1. The van der Waals surface area contributed by atoms with Crippen LogP contribution >= 0.6 is 0 Å². The smallest absolute Gasteiger partial charge is 0.269 e. The first-order valence-electron chi connectivity index (χ1n) is 5.52. The van der Waals surface area contributed by atoms with Gasteiger partial charge in [-0.1, -0.05) is 12.1 Å². The Balaban J connectivity index is 3.09. The van der Waals surface area contributed by atoms with Crippen molar-refractivity contribution in [1.29, 1.82) is 0 Å². The lowest BCUT2D eigenvalue weighted by atomic mass is 9.83. The van der Waals surface area contributed by atoms with Crippen molar-refractivity contribution in [2.45, 2.75) is 26.2 Å². The van der Waals surface area contributed by atoms with Gasteiger partial charge < -0.3 is 0 Å². The van der Waals surface area contributed by atoms with Crippen molar-refractivity contribution in [3.8, 4) is 0 Å². The molecule has 0 saturated carbocycles. The number of hydrazine groups is 1. The molecule has 0 radical (unpaired) electrons. The number of nitro groups is 1. The van der Waals surface area contributed by atoms with E-state index in [1.165, 1.54) is 31.2 Å². The molecule has 1 rings (SSSR count). The molecule has 0 aliphatic heterocycles. The lowest BCUT2D eigenvalue weighted by molar-refractivity contribution is -0.384. The minimum absolute atomic E-state index is 0.0665. The molecule has 19 heavy (non-hydrogen) atoms. The third-order valence-electron chi connectivity index (χ3n) is 2.89. The number of carbonyl (C=O) groups is 2. The van der Waals surface area contributed by atoms with E-state index in [9.17, 15) is 19.7 Å². The minimum Gasteiger partial charge on any atom is -0.273 e. The number of imide groups is 1. The predicted molar refractivity (Wildman–Crippen MR) is 67.8 cm³/mol. The van der Waals surface area contributed by atoms with Crippen molar-refractivity contribution in [1.82, 2.24) is 5.01 Å². The van der Waals surface area contributed by atoms with Crippen LogP contribution in [0.15, 0.2) is 24.3 Å². The van der Waals surface area contributed by atoms with E-state index in [0.29, 0.717) is 10.6 Å². The zero-order chi connectivity index (χ0) is 14.8. The summed E-state index contributed by atoms with van der Waals surface area (Å²) in [6.07, 6.45) is 0. The molecule has 0 aliphatic rings. The van der Waals surface area contributed by atoms with Gasteiger partial charge in [-0.15, -0.1) is 0 Å². The van der Waals surface area contributed by atoms with Gasteiger partial charge in [0.2, 0.25) is 5.91 Å². The van der Waals surface area contributed by atoms with Crippen LogP contribution in [-0.2, 0) is 15.0 Å². The molecule has 0 unspecified atom stereocenters. The molecule has 2 N–H and O–H groups in total. The van der Waals surface area contributed by atoms with Gasteiger partial charge in [-0.25, -0.2) is 10.9 Å². The summed E-state index contributed by atoms with van der Waals surface area (Å²) in [4.78, 5) is 33.2. The van der Waals surface area contributed by atoms with Crippen molar-refractivity contribution >= 4 is 17.5 Å². The number of amides is 2. The maximum Gasteiger partial charge on any atom is 0.269 e. The highest BCUT2D eigenvalue weighted by Gasteiger charge is 2.34. The third-order valence-corrected chi connectivity index (χ3v) is 2.89. The first-order chi connectivity index (χ1) is 8.67. The zero-order valence-electron chi connectivity index (χ0n) is 10.9. The van der Waals surface area contributed by atoms with E-state index < -0.39 is 22.2 Å². The Bertz CT molecular complexity index is 522. The molecule has 0 bridgehead atoms. The van der Waals surface area contributed by atoms with Crippen LogP contribution in [0.25, 0.3) is 0 Å². The number of rotatable bonds is 3. The molecule has 7 heteroatoms. The molecule has 1 aromatic carbocycles. The summed E-state index contributed by atoms with van der Waals surface area (Å²) in [5, 5.41) is 11.1. The molecule has 0 fully saturated rings. The Hall–Kier alpha value is -2.28. The molecular formula is C12H15N3O4. The third kappa shape index (κ3) is 2.94. The second-order valence-electron chi connectivity index (χ2n) is 4.62. The van der Waals surface area contributed by atoms with Crippen LogP contribution in [0.3, 0.4) is 0 Å². The number of hydrogen-bond acceptors (Lipinski definition) is 5. The Kier molecular flexibility index (Phi) is 4.01. The van der Waals surface area contributed by atoms with Crippen molar-refractivity contribution in [3.05, 3.63) is 39.9 Å². The van der Waals surface area contributed by atoms with E-state index in [1.54, 1.807) is 13.8 Å². The number of nitro benzene ring substituents is 1. The van der Waals surface area contributed by atoms with Gasteiger partial charge >= 0.3 is 0 Å². The maximum atomic E-state index is 12.1. The average molecular weight is 265 g/mol. The van der Waals surface area contributed by atoms with Gasteiger partial charge in [0.1, 0.15) is 0 Å². The van der Waals surface area contributed by atoms with Crippen LogP contribution < -0.4 is 5.84 Å². The van der Waals surface area contributed by atoms with Gasteiger partial charge in [0, 0.05) is 19.1 Å². The van der Waals surface area contributed by atoms with E-state index in [4.69, 9.17) is 5.84 Å². The molecule has 102 valence electrons. The molecule has 0 aromatic heterocycles. The van der Waals surface area contributed by atoms with Crippen LogP contribution in [0.1, 0.15) is 26.3 Å². The largest absolute Gasteiger partial charge is 0.273 e. The summed E-state index contributed by atoms with van der Waals surface area (Å²) in [7, 11) is 0. The monoisotopic (exact) mass is 265 g/mol. The summed E-state index contributed by atoms with van der Waals surface area (Å²) in [5.74, 6) is 4.24.